The van der Waals surface area contributed by atoms with Crippen LogP contribution in [0.2, 0.25) is 0 Å². The van der Waals surface area contributed by atoms with E-state index in [1.807, 2.05) is 13.0 Å². The first-order chi connectivity index (χ1) is 13.9. The number of aryl methyl sites for hydroxylation is 1. The van der Waals surface area contributed by atoms with E-state index >= 15 is 0 Å². The number of esters is 1. The minimum atomic E-state index is -0.379. The Bertz CT molecular complexity index is 843. The van der Waals surface area contributed by atoms with E-state index in [9.17, 15) is 9.59 Å². The number of hydrogen-bond donors (Lipinski definition) is 2. The van der Waals surface area contributed by atoms with E-state index in [0.717, 1.165) is 12.0 Å². The van der Waals surface area contributed by atoms with Gasteiger partial charge < -0.3 is 14.8 Å². The molecule has 1 atom stereocenters. The molecule has 1 amide bonds. The fourth-order valence-electron chi connectivity index (χ4n) is 2.48. The van der Waals surface area contributed by atoms with Crippen molar-refractivity contribution in [1.29, 1.82) is 0 Å². The van der Waals surface area contributed by atoms with Crippen molar-refractivity contribution in [3.05, 3.63) is 41.2 Å². The first kappa shape index (κ1) is 22.2. The molecule has 0 bridgehead atoms. The van der Waals surface area contributed by atoms with Crippen molar-refractivity contribution in [2.45, 2.75) is 46.3 Å². The van der Waals surface area contributed by atoms with E-state index in [2.05, 4.69) is 25.6 Å². The molecule has 0 saturated heterocycles. The van der Waals surface area contributed by atoms with Crippen LogP contribution < -0.4 is 10.6 Å². The van der Waals surface area contributed by atoms with E-state index in [-0.39, 0.29) is 23.9 Å². The van der Waals surface area contributed by atoms with Gasteiger partial charge in [0.1, 0.15) is 5.82 Å². The monoisotopic (exact) mass is 401 g/mol. The van der Waals surface area contributed by atoms with Crippen molar-refractivity contribution >= 4 is 23.8 Å². The summed E-state index contributed by atoms with van der Waals surface area (Å²) in [6, 6.07) is 7.09. The number of amides is 1. The maximum absolute atomic E-state index is 11.6. The van der Waals surface area contributed by atoms with E-state index in [1.54, 1.807) is 32.0 Å². The topological polar surface area (TPSA) is 115 Å². The highest BCUT2D eigenvalue weighted by molar-refractivity contribution is 5.89. The van der Waals surface area contributed by atoms with E-state index in [1.165, 1.54) is 7.11 Å². The minimum absolute atomic E-state index is 0.0321. The summed E-state index contributed by atoms with van der Waals surface area (Å²) in [7, 11) is 1.35. The molecule has 0 fully saturated rings. The molecule has 29 heavy (non-hydrogen) atoms. The lowest BCUT2D eigenvalue weighted by atomic mass is 10.1. The zero-order chi connectivity index (χ0) is 21.2. The third-order valence-electron chi connectivity index (χ3n) is 4.08. The molecule has 1 unspecified atom stereocenters. The third kappa shape index (κ3) is 7.11. The van der Waals surface area contributed by atoms with Crippen LogP contribution in [0.1, 0.15) is 48.4 Å². The third-order valence-corrected chi connectivity index (χ3v) is 4.08. The molecule has 2 N–H and O–H groups in total. The van der Waals surface area contributed by atoms with Crippen LogP contribution in [0.15, 0.2) is 24.3 Å². The van der Waals surface area contributed by atoms with Crippen molar-refractivity contribution in [3.8, 4) is 0 Å². The van der Waals surface area contributed by atoms with Gasteiger partial charge in [-0.05, 0) is 31.0 Å². The Labute approximate surface area is 170 Å². The lowest BCUT2D eigenvalue weighted by Crippen LogP contribution is -2.26. The number of benzene rings is 1. The summed E-state index contributed by atoms with van der Waals surface area (Å²) in [4.78, 5) is 35.8. The van der Waals surface area contributed by atoms with Crippen LogP contribution in [-0.4, -0.2) is 46.6 Å². The van der Waals surface area contributed by atoms with Gasteiger partial charge in [-0.3, -0.25) is 10.1 Å². The molecule has 1 aromatic carbocycles. The van der Waals surface area contributed by atoms with Crippen LogP contribution in [0, 0.1) is 6.92 Å². The number of ether oxygens (including phenoxy) is 2. The second-order valence-corrected chi connectivity index (χ2v) is 6.39. The molecule has 0 spiro atoms. The van der Waals surface area contributed by atoms with Gasteiger partial charge in [-0.25, -0.2) is 4.79 Å². The van der Waals surface area contributed by atoms with Crippen LogP contribution in [0.3, 0.4) is 0 Å². The number of aromatic nitrogens is 3. The van der Waals surface area contributed by atoms with Crippen LogP contribution in [0.5, 0.6) is 0 Å². The predicted octanol–water partition coefficient (Wildman–Crippen LogP) is 2.72. The van der Waals surface area contributed by atoms with Gasteiger partial charge in [-0.2, -0.15) is 15.0 Å². The number of rotatable bonds is 10. The van der Waals surface area contributed by atoms with E-state index in [4.69, 9.17) is 9.47 Å². The van der Waals surface area contributed by atoms with Gasteiger partial charge in [-0.15, -0.1) is 0 Å². The Balaban J connectivity index is 1.94. The van der Waals surface area contributed by atoms with Gasteiger partial charge in [0.25, 0.3) is 0 Å². The number of methoxy groups -OCH3 is 1. The van der Waals surface area contributed by atoms with Gasteiger partial charge in [0.2, 0.25) is 17.8 Å². The number of carbonyl (C=O) groups excluding carboxylic acids is 2. The predicted molar refractivity (Wildman–Crippen MR) is 109 cm³/mol. The van der Waals surface area contributed by atoms with Crippen molar-refractivity contribution in [2.75, 3.05) is 24.4 Å². The van der Waals surface area contributed by atoms with Gasteiger partial charge >= 0.3 is 5.97 Å². The smallest absolute Gasteiger partial charge is 0.337 e. The normalized spacial score (nSPS) is 11.6. The molecule has 0 saturated carbocycles. The quantitative estimate of drug-likeness (QED) is 0.584. The molecule has 1 aromatic heterocycles. The number of carbonyl (C=O) groups is 2. The largest absolute Gasteiger partial charge is 0.465 e. The number of hydrogen-bond acceptors (Lipinski definition) is 8. The highest BCUT2D eigenvalue weighted by atomic mass is 16.5. The zero-order valence-corrected chi connectivity index (χ0v) is 17.2. The summed E-state index contributed by atoms with van der Waals surface area (Å²) >= 11 is 0. The van der Waals surface area contributed by atoms with Crippen LogP contribution >= 0.6 is 0 Å². The molecule has 9 heteroatoms. The van der Waals surface area contributed by atoms with Gasteiger partial charge in [0, 0.05) is 6.42 Å². The summed E-state index contributed by atoms with van der Waals surface area (Å²) in [5.74, 6) is 0.570. The molecule has 156 valence electrons. The highest BCUT2D eigenvalue weighted by Gasteiger charge is 2.12. The Morgan fingerprint density at radius 3 is 2.59 bits per heavy atom. The summed E-state index contributed by atoms with van der Waals surface area (Å²) in [5.41, 5.74) is 1.37. The minimum Gasteiger partial charge on any atom is -0.465 e. The van der Waals surface area contributed by atoms with Crippen molar-refractivity contribution in [3.63, 3.8) is 0 Å². The van der Waals surface area contributed by atoms with E-state index < -0.39 is 0 Å². The Morgan fingerprint density at radius 1 is 1.14 bits per heavy atom. The second kappa shape index (κ2) is 11.1. The molecule has 0 aliphatic carbocycles. The second-order valence-electron chi connectivity index (χ2n) is 6.39. The Kier molecular flexibility index (Phi) is 8.47. The molecule has 1 heterocycles. The molecule has 9 nitrogen and oxygen atoms in total. The maximum atomic E-state index is 11.6. The van der Waals surface area contributed by atoms with Crippen molar-refractivity contribution < 1.29 is 19.1 Å². The average Bonchev–Trinajstić information content (AvgIpc) is 2.72. The first-order valence-electron chi connectivity index (χ1n) is 9.49. The SMILES string of the molecule is CCC(=O)Nc1nc(C)nc(NC(CC)COCc2cccc(C(=O)OC)c2)n1. The average molecular weight is 401 g/mol. The Morgan fingerprint density at radius 2 is 1.90 bits per heavy atom. The molecule has 0 aliphatic heterocycles. The van der Waals surface area contributed by atoms with Crippen LogP contribution in [0.4, 0.5) is 11.9 Å². The molecule has 2 rings (SSSR count). The fourth-order valence-corrected chi connectivity index (χ4v) is 2.48. The van der Waals surface area contributed by atoms with Crippen LogP contribution in [-0.2, 0) is 20.9 Å². The first-order valence-corrected chi connectivity index (χ1v) is 9.49. The fraction of sp³-hybridized carbons (Fsp3) is 0.450. The maximum Gasteiger partial charge on any atom is 0.337 e. The summed E-state index contributed by atoms with van der Waals surface area (Å²) in [6.45, 7) is 6.29. The lowest BCUT2D eigenvalue weighted by Gasteiger charge is -2.18. The molecule has 2 aromatic rings. The summed E-state index contributed by atoms with van der Waals surface area (Å²) < 4.78 is 10.5. The van der Waals surface area contributed by atoms with Gasteiger partial charge in [0.15, 0.2) is 0 Å². The van der Waals surface area contributed by atoms with Gasteiger partial charge in [-0.1, -0.05) is 26.0 Å². The number of anilines is 2. The zero-order valence-electron chi connectivity index (χ0n) is 17.2. The molecular weight excluding hydrogens is 374 g/mol. The van der Waals surface area contributed by atoms with E-state index in [0.29, 0.717) is 37.0 Å². The highest BCUT2D eigenvalue weighted by Crippen LogP contribution is 2.11. The number of nitrogens with one attached hydrogen (secondary N) is 2. The molecule has 0 radical (unpaired) electrons. The summed E-state index contributed by atoms with van der Waals surface area (Å²) in [6.07, 6.45) is 1.12. The van der Waals surface area contributed by atoms with Crippen LogP contribution in [0.25, 0.3) is 0 Å². The number of nitrogens with zero attached hydrogens (tertiary/aromatic N) is 3. The molecular formula is C20H27N5O4. The van der Waals surface area contributed by atoms with Crippen molar-refractivity contribution in [1.82, 2.24) is 15.0 Å². The Hall–Kier alpha value is -3.07. The van der Waals surface area contributed by atoms with Gasteiger partial charge in [0.05, 0.1) is 31.9 Å². The standard InChI is InChI=1S/C20H27N5O4/c1-5-16(12-29-11-14-8-7-9-15(10-14)18(27)28-4)23-19-21-13(3)22-20(25-19)24-17(26)6-2/h7-10,16H,5-6,11-12H2,1-4H3,(H2,21,22,23,24,25,26). The molecule has 0 aliphatic rings. The summed E-state index contributed by atoms with van der Waals surface area (Å²) in [5, 5.41) is 5.85. The lowest BCUT2D eigenvalue weighted by molar-refractivity contribution is -0.115. The van der Waals surface area contributed by atoms with Crippen molar-refractivity contribution in [2.24, 2.45) is 0 Å².